The van der Waals surface area contributed by atoms with Crippen molar-refractivity contribution in [1.82, 2.24) is 14.7 Å². The number of carbonyl (C=O) groups is 3. The zero-order chi connectivity index (χ0) is 27.8. The molecule has 4 aliphatic rings. The van der Waals surface area contributed by atoms with E-state index in [1.165, 1.54) is 0 Å². The Morgan fingerprint density at radius 3 is 2.36 bits per heavy atom. The molecule has 1 aromatic carbocycles. The highest BCUT2D eigenvalue weighted by atomic mass is 16.5. The molecule has 6 atom stereocenters. The zero-order valence-corrected chi connectivity index (χ0v) is 23.3. The molecule has 0 aromatic heterocycles. The lowest BCUT2D eigenvalue weighted by atomic mass is 9.74. The van der Waals surface area contributed by atoms with Crippen LogP contribution in [0.3, 0.4) is 0 Å². The third-order valence-electron chi connectivity index (χ3n) is 8.98. The summed E-state index contributed by atoms with van der Waals surface area (Å²) >= 11 is 0. The number of benzene rings is 1. The van der Waals surface area contributed by atoms with E-state index in [1.807, 2.05) is 68.5 Å². The van der Waals surface area contributed by atoms with Crippen molar-refractivity contribution in [3.8, 4) is 0 Å². The number of ether oxygens (including phenoxy) is 1. The fraction of sp³-hybridized carbons (Fsp3) is 0.581. The molecule has 8 heteroatoms. The second kappa shape index (κ2) is 10.9. The Kier molecular flexibility index (Phi) is 7.71. The lowest BCUT2D eigenvalue weighted by Crippen LogP contribution is -2.58. The number of fused-ring (bicyclic) bond motifs is 2. The Bertz CT molecular complexity index is 1150. The Morgan fingerprint density at radius 2 is 1.67 bits per heavy atom. The molecule has 210 valence electrons. The summed E-state index contributed by atoms with van der Waals surface area (Å²) in [7, 11) is 0. The quantitative estimate of drug-likeness (QED) is 0.388. The monoisotopic (exact) mass is 535 g/mol. The van der Waals surface area contributed by atoms with Crippen LogP contribution in [0, 0.1) is 11.8 Å². The van der Waals surface area contributed by atoms with Gasteiger partial charge in [0.15, 0.2) is 0 Å². The van der Waals surface area contributed by atoms with E-state index in [0.29, 0.717) is 32.6 Å². The van der Waals surface area contributed by atoms with Crippen molar-refractivity contribution in [3.63, 3.8) is 0 Å². The number of aliphatic hydroxyl groups excluding tert-OH is 1. The first-order valence-corrected chi connectivity index (χ1v) is 14.4. The second-order valence-corrected chi connectivity index (χ2v) is 11.5. The van der Waals surface area contributed by atoms with Crippen LogP contribution in [0.4, 0.5) is 0 Å². The number of amides is 3. The van der Waals surface area contributed by atoms with E-state index >= 15 is 0 Å². The summed E-state index contributed by atoms with van der Waals surface area (Å²) in [6, 6.07) is 8.34. The van der Waals surface area contributed by atoms with Crippen LogP contribution in [0.5, 0.6) is 0 Å². The maximum absolute atomic E-state index is 14.4. The molecule has 0 saturated carbocycles. The smallest absolute Gasteiger partial charge is 0.249 e. The first-order chi connectivity index (χ1) is 18.8. The van der Waals surface area contributed by atoms with Gasteiger partial charge in [-0.15, -0.1) is 0 Å². The second-order valence-electron chi connectivity index (χ2n) is 11.5. The third-order valence-corrected chi connectivity index (χ3v) is 8.98. The van der Waals surface area contributed by atoms with Crippen LogP contribution in [-0.2, 0) is 25.7 Å². The lowest BCUT2D eigenvalue weighted by molar-refractivity contribution is -0.156. The molecule has 8 nitrogen and oxygen atoms in total. The number of carbonyl (C=O) groups excluding carboxylic acids is 3. The van der Waals surface area contributed by atoms with Crippen LogP contribution in [0.1, 0.15) is 52.0 Å². The van der Waals surface area contributed by atoms with Crippen molar-refractivity contribution < 1.29 is 24.2 Å². The van der Waals surface area contributed by atoms with E-state index < -0.39 is 35.1 Å². The Hall–Kier alpha value is -2.97. The van der Waals surface area contributed by atoms with E-state index in [2.05, 4.69) is 6.92 Å². The van der Waals surface area contributed by atoms with Gasteiger partial charge in [0.2, 0.25) is 17.7 Å². The van der Waals surface area contributed by atoms with E-state index in [0.717, 1.165) is 24.8 Å². The average Bonchev–Trinajstić information content (AvgIpc) is 3.21. The molecule has 39 heavy (non-hydrogen) atoms. The number of likely N-dealkylation sites (tertiary alicyclic amines) is 1. The maximum atomic E-state index is 14.4. The van der Waals surface area contributed by atoms with Crippen molar-refractivity contribution in [2.24, 2.45) is 11.8 Å². The summed E-state index contributed by atoms with van der Waals surface area (Å²) < 4.78 is 6.87. The standard InChI is InChI=1S/C31H41N3O5/c1-4-6-10-17-32-18-12-16-31-25(28(37)34(23(5-2)21-35)26(31)29(32)38)24-27(36)33(19-11-15-30(24,3)39-31)20-22-13-8-7-9-14-22/h7-9,11-16,23-26,35H,4-6,10,17-21H2,1-3H3/t23-,24-,25-,26?,30+,31-/m0/s1. The normalized spacial score (nSPS) is 32.7. The highest BCUT2D eigenvalue weighted by Crippen LogP contribution is 2.58. The summed E-state index contributed by atoms with van der Waals surface area (Å²) in [5.41, 5.74) is -1.33. The summed E-state index contributed by atoms with van der Waals surface area (Å²) in [6.07, 6.45) is 11.1. The van der Waals surface area contributed by atoms with E-state index in [-0.39, 0.29) is 24.3 Å². The molecule has 4 aliphatic heterocycles. The van der Waals surface area contributed by atoms with Gasteiger partial charge >= 0.3 is 0 Å². The molecule has 1 N–H and O–H groups in total. The van der Waals surface area contributed by atoms with Crippen LogP contribution in [0.15, 0.2) is 54.6 Å². The van der Waals surface area contributed by atoms with Crippen molar-refractivity contribution in [3.05, 3.63) is 60.2 Å². The van der Waals surface area contributed by atoms with Gasteiger partial charge in [-0.25, -0.2) is 0 Å². The molecule has 2 saturated heterocycles. The van der Waals surface area contributed by atoms with Gasteiger partial charge in [0.25, 0.3) is 0 Å². The first-order valence-electron chi connectivity index (χ1n) is 14.4. The predicted molar refractivity (Wildman–Crippen MR) is 147 cm³/mol. The Labute approximate surface area is 231 Å². The van der Waals surface area contributed by atoms with E-state index in [4.69, 9.17) is 4.74 Å². The maximum Gasteiger partial charge on any atom is 0.249 e. The van der Waals surface area contributed by atoms with Gasteiger partial charge in [0.1, 0.15) is 11.6 Å². The zero-order valence-electron chi connectivity index (χ0n) is 23.3. The van der Waals surface area contributed by atoms with Gasteiger partial charge in [-0.3, -0.25) is 14.4 Å². The van der Waals surface area contributed by atoms with E-state index in [1.54, 1.807) is 14.7 Å². The number of hydrogen-bond acceptors (Lipinski definition) is 5. The average molecular weight is 536 g/mol. The van der Waals surface area contributed by atoms with Crippen LogP contribution in [-0.4, -0.2) is 87.1 Å². The summed E-state index contributed by atoms with van der Waals surface area (Å²) in [4.78, 5) is 48.0. The molecular formula is C31H41N3O5. The van der Waals surface area contributed by atoms with Crippen molar-refractivity contribution >= 4 is 17.7 Å². The molecule has 5 rings (SSSR count). The molecule has 1 unspecified atom stereocenters. The van der Waals surface area contributed by atoms with Gasteiger partial charge in [0, 0.05) is 26.2 Å². The molecule has 3 amide bonds. The number of aliphatic hydroxyl groups is 1. The first kappa shape index (κ1) is 27.6. The highest BCUT2D eigenvalue weighted by Gasteiger charge is 2.75. The number of rotatable bonds is 9. The fourth-order valence-corrected chi connectivity index (χ4v) is 7.06. The van der Waals surface area contributed by atoms with Crippen molar-refractivity contribution in [2.75, 3.05) is 26.2 Å². The van der Waals surface area contributed by atoms with Crippen LogP contribution in [0.25, 0.3) is 0 Å². The van der Waals surface area contributed by atoms with Gasteiger partial charge in [-0.05, 0) is 25.3 Å². The largest absolute Gasteiger partial charge is 0.394 e. The molecule has 1 spiro atoms. The van der Waals surface area contributed by atoms with Crippen LogP contribution in [0.2, 0.25) is 0 Å². The molecular weight excluding hydrogens is 494 g/mol. The predicted octanol–water partition coefficient (Wildman–Crippen LogP) is 2.92. The molecule has 0 aliphatic carbocycles. The Balaban J connectivity index is 1.57. The fourth-order valence-electron chi connectivity index (χ4n) is 7.06. The third kappa shape index (κ3) is 4.51. The van der Waals surface area contributed by atoms with E-state index in [9.17, 15) is 19.5 Å². The topological polar surface area (TPSA) is 90.4 Å². The molecule has 0 radical (unpaired) electrons. The summed E-state index contributed by atoms with van der Waals surface area (Å²) in [5.74, 6) is -2.26. The minimum atomic E-state index is -1.29. The molecule has 0 bridgehead atoms. The molecule has 4 heterocycles. The minimum absolute atomic E-state index is 0.149. The summed E-state index contributed by atoms with van der Waals surface area (Å²) in [5, 5.41) is 10.3. The minimum Gasteiger partial charge on any atom is -0.394 e. The van der Waals surface area contributed by atoms with Crippen molar-refractivity contribution in [2.45, 2.75) is 76.3 Å². The molecule has 2 fully saturated rings. The highest BCUT2D eigenvalue weighted by molar-refractivity contribution is 6.00. The van der Waals surface area contributed by atoms with Gasteiger partial charge in [0.05, 0.1) is 30.1 Å². The number of unbranched alkanes of at least 4 members (excludes halogenated alkanes) is 2. The number of nitrogens with zero attached hydrogens (tertiary/aromatic N) is 3. The molecule has 1 aromatic rings. The van der Waals surface area contributed by atoms with Gasteiger partial charge < -0.3 is 24.5 Å². The number of hydrogen-bond donors (Lipinski definition) is 1. The van der Waals surface area contributed by atoms with Gasteiger partial charge in [-0.2, -0.15) is 0 Å². The van der Waals surface area contributed by atoms with Crippen LogP contribution >= 0.6 is 0 Å². The Morgan fingerprint density at radius 1 is 0.949 bits per heavy atom. The van der Waals surface area contributed by atoms with Gasteiger partial charge in [-0.1, -0.05) is 81.3 Å². The summed E-state index contributed by atoms with van der Waals surface area (Å²) in [6.45, 7) is 7.49. The van der Waals surface area contributed by atoms with Crippen LogP contribution < -0.4 is 0 Å². The lowest BCUT2D eigenvalue weighted by Gasteiger charge is -2.40. The SMILES string of the molecule is CCCCCN1CC=C[C@]23O[C@]4(C)C=CCN(Cc5ccccc5)C(=O)[C@@H]4[C@H]2C(=O)N([C@@H](CC)CO)C3C1=O. The van der Waals surface area contributed by atoms with Crippen molar-refractivity contribution in [1.29, 1.82) is 0 Å².